The molecule has 0 heterocycles. The van der Waals surface area contributed by atoms with Crippen LogP contribution in [0.15, 0.2) is 0 Å². The van der Waals surface area contributed by atoms with Gasteiger partial charge in [-0.05, 0) is 6.42 Å². The zero-order chi connectivity index (χ0) is 13.6. The highest BCUT2D eigenvalue weighted by Gasteiger charge is 2.25. The van der Waals surface area contributed by atoms with Crippen LogP contribution in [-0.4, -0.2) is 57.0 Å². The summed E-state index contributed by atoms with van der Waals surface area (Å²) >= 11 is 0. The number of nitrogens with one attached hydrogen (secondary N) is 1. The molecule has 0 bridgehead atoms. The number of hydrogen-bond acceptors (Lipinski definition) is 5. The lowest BCUT2D eigenvalue weighted by atomic mass is 10.2. The molecule has 0 saturated carbocycles. The summed E-state index contributed by atoms with van der Waals surface area (Å²) in [5.74, 6) is -1.94. The Kier molecular flexibility index (Phi) is 6.07. The molecule has 0 spiro atoms. The highest BCUT2D eigenvalue weighted by molar-refractivity contribution is 7.87. The van der Waals surface area contributed by atoms with Crippen molar-refractivity contribution >= 4 is 22.1 Å². The number of methoxy groups -OCH3 is 1. The van der Waals surface area contributed by atoms with E-state index >= 15 is 0 Å². The van der Waals surface area contributed by atoms with Gasteiger partial charge in [-0.15, -0.1) is 0 Å². The van der Waals surface area contributed by atoms with Crippen molar-refractivity contribution in [3.63, 3.8) is 0 Å². The van der Waals surface area contributed by atoms with Crippen molar-refractivity contribution in [1.29, 1.82) is 0 Å². The van der Waals surface area contributed by atoms with Crippen LogP contribution in [0.2, 0.25) is 0 Å². The van der Waals surface area contributed by atoms with Crippen LogP contribution >= 0.6 is 0 Å². The van der Waals surface area contributed by atoms with Gasteiger partial charge in [0.05, 0.1) is 7.11 Å². The molecular weight excluding hydrogens is 252 g/mol. The monoisotopic (exact) mass is 268 g/mol. The van der Waals surface area contributed by atoms with E-state index in [0.29, 0.717) is 0 Å². The Hall–Kier alpha value is -1.19. The molecule has 9 heteroatoms. The molecular formula is C8H16N2O6S. The van der Waals surface area contributed by atoms with E-state index in [1.807, 2.05) is 4.72 Å². The van der Waals surface area contributed by atoms with Gasteiger partial charge in [0.25, 0.3) is 10.2 Å². The SMILES string of the molecule is COC(=O)CC[C@@H](NS(=O)(=O)N(C)C)C(=O)O. The first-order valence-electron chi connectivity index (χ1n) is 4.70. The number of carbonyl (C=O) groups excluding carboxylic acids is 1. The summed E-state index contributed by atoms with van der Waals surface area (Å²) in [4.78, 5) is 21.6. The summed E-state index contributed by atoms with van der Waals surface area (Å²) in [6, 6.07) is -1.36. The number of carbonyl (C=O) groups is 2. The van der Waals surface area contributed by atoms with Crippen LogP contribution in [0, 0.1) is 0 Å². The molecule has 8 nitrogen and oxygen atoms in total. The molecule has 17 heavy (non-hydrogen) atoms. The number of carboxylic acid groups (broad SMARTS) is 1. The first-order chi connectivity index (χ1) is 7.70. The van der Waals surface area contributed by atoms with Gasteiger partial charge in [0.1, 0.15) is 6.04 Å². The molecule has 0 aliphatic rings. The molecule has 0 amide bonds. The van der Waals surface area contributed by atoms with E-state index in [4.69, 9.17) is 5.11 Å². The standard InChI is InChI=1S/C8H16N2O6S/c1-10(2)17(14,15)9-6(8(12)13)4-5-7(11)16-3/h6,9H,4-5H2,1-3H3,(H,12,13)/t6-/m1/s1. The average Bonchev–Trinajstić information content (AvgIpc) is 2.22. The largest absolute Gasteiger partial charge is 0.480 e. The van der Waals surface area contributed by atoms with Crippen LogP contribution in [0.3, 0.4) is 0 Å². The second-order valence-corrected chi connectivity index (χ2v) is 5.33. The van der Waals surface area contributed by atoms with Crippen LogP contribution in [0.4, 0.5) is 0 Å². The van der Waals surface area contributed by atoms with Gasteiger partial charge in [-0.25, -0.2) is 0 Å². The summed E-state index contributed by atoms with van der Waals surface area (Å²) in [5, 5.41) is 8.81. The number of rotatable bonds is 7. The molecule has 0 fully saturated rings. The second kappa shape index (κ2) is 6.52. The third-order valence-electron chi connectivity index (χ3n) is 1.93. The van der Waals surface area contributed by atoms with Gasteiger partial charge in [-0.1, -0.05) is 0 Å². The lowest BCUT2D eigenvalue weighted by molar-refractivity contribution is -0.142. The first kappa shape index (κ1) is 15.8. The molecule has 0 aliphatic heterocycles. The Morgan fingerprint density at radius 3 is 2.29 bits per heavy atom. The average molecular weight is 268 g/mol. The number of hydrogen-bond donors (Lipinski definition) is 2. The fraction of sp³-hybridized carbons (Fsp3) is 0.750. The van der Waals surface area contributed by atoms with E-state index in [-0.39, 0.29) is 12.8 Å². The molecule has 0 aromatic heterocycles. The predicted molar refractivity (Wildman–Crippen MR) is 58.4 cm³/mol. The Morgan fingerprint density at radius 1 is 1.41 bits per heavy atom. The lowest BCUT2D eigenvalue weighted by Crippen LogP contribution is -2.46. The predicted octanol–water partition coefficient (Wildman–Crippen LogP) is -1.21. The Labute approximate surface area is 99.7 Å². The molecule has 0 aliphatic carbocycles. The van der Waals surface area contributed by atoms with Gasteiger partial charge in [-0.2, -0.15) is 17.4 Å². The van der Waals surface area contributed by atoms with Gasteiger partial charge in [0, 0.05) is 20.5 Å². The molecule has 0 rings (SSSR count). The van der Waals surface area contributed by atoms with Crippen molar-refractivity contribution in [3.05, 3.63) is 0 Å². The summed E-state index contributed by atoms with van der Waals surface area (Å²) in [6.45, 7) is 0. The van der Waals surface area contributed by atoms with Gasteiger partial charge < -0.3 is 9.84 Å². The molecule has 100 valence electrons. The maximum atomic E-state index is 11.4. The van der Waals surface area contributed by atoms with Crippen molar-refractivity contribution < 1.29 is 27.9 Å². The quantitative estimate of drug-likeness (QED) is 0.560. The highest BCUT2D eigenvalue weighted by atomic mass is 32.2. The van der Waals surface area contributed by atoms with Gasteiger partial charge >= 0.3 is 11.9 Å². The Bertz CT molecular complexity index is 377. The van der Waals surface area contributed by atoms with Gasteiger partial charge in [0.15, 0.2) is 0 Å². The number of nitrogens with zero attached hydrogens (tertiary/aromatic N) is 1. The highest BCUT2D eigenvalue weighted by Crippen LogP contribution is 2.02. The van der Waals surface area contributed by atoms with E-state index in [9.17, 15) is 18.0 Å². The van der Waals surface area contributed by atoms with E-state index in [0.717, 1.165) is 4.31 Å². The Morgan fingerprint density at radius 2 is 1.94 bits per heavy atom. The number of aliphatic carboxylic acids is 1. The zero-order valence-corrected chi connectivity index (χ0v) is 10.7. The van der Waals surface area contributed by atoms with Crippen molar-refractivity contribution in [2.24, 2.45) is 0 Å². The normalized spacial score (nSPS) is 13.4. The van der Waals surface area contributed by atoms with Crippen LogP contribution in [-0.2, 0) is 24.5 Å². The molecule has 1 atom stereocenters. The summed E-state index contributed by atoms with van der Waals surface area (Å²) in [5.41, 5.74) is 0. The van der Waals surface area contributed by atoms with Gasteiger partial charge in [0.2, 0.25) is 0 Å². The third-order valence-corrected chi connectivity index (χ3v) is 3.48. The Balaban J connectivity index is 4.57. The number of ether oxygens (including phenoxy) is 1. The van der Waals surface area contributed by atoms with Crippen LogP contribution in [0.1, 0.15) is 12.8 Å². The first-order valence-corrected chi connectivity index (χ1v) is 6.14. The summed E-state index contributed by atoms with van der Waals surface area (Å²) in [6.07, 6.45) is -0.349. The summed E-state index contributed by atoms with van der Waals surface area (Å²) in [7, 11) is -0.147. The lowest BCUT2D eigenvalue weighted by Gasteiger charge is -2.17. The van der Waals surface area contributed by atoms with Crippen LogP contribution in [0.5, 0.6) is 0 Å². The molecule has 0 aromatic carbocycles. The van der Waals surface area contributed by atoms with E-state index in [2.05, 4.69) is 4.74 Å². The maximum Gasteiger partial charge on any atom is 0.321 e. The minimum absolute atomic E-state index is 0.172. The topological polar surface area (TPSA) is 113 Å². The fourth-order valence-electron chi connectivity index (χ4n) is 0.882. The van der Waals surface area contributed by atoms with Crippen LogP contribution < -0.4 is 4.72 Å². The van der Waals surface area contributed by atoms with E-state index in [1.165, 1.54) is 21.2 Å². The smallest absolute Gasteiger partial charge is 0.321 e. The van der Waals surface area contributed by atoms with Crippen LogP contribution in [0.25, 0.3) is 0 Å². The van der Waals surface area contributed by atoms with Crippen molar-refractivity contribution in [1.82, 2.24) is 9.03 Å². The minimum atomic E-state index is -3.85. The molecule has 0 aromatic rings. The number of carboxylic acids is 1. The maximum absolute atomic E-state index is 11.4. The molecule has 0 saturated heterocycles. The van der Waals surface area contributed by atoms with Crippen molar-refractivity contribution in [2.45, 2.75) is 18.9 Å². The minimum Gasteiger partial charge on any atom is -0.480 e. The zero-order valence-electron chi connectivity index (χ0n) is 9.84. The third kappa shape index (κ3) is 5.61. The van der Waals surface area contributed by atoms with E-state index in [1.54, 1.807) is 0 Å². The number of esters is 1. The van der Waals surface area contributed by atoms with E-state index < -0.39 is 28.2 Å². The molecule has 2 N–H and O–H groups in total. The molecule has 0 unspecified atom stereocenters. The fourth-order valence-corrected chi connectivity index (χ4v) is 1.67. The van der Waals surface area contributed by atoms with Crippen molar-refractivity contribution in [3.8, 4) is 0 Å². The van der Waals surface area contributed by atoms with Gasteiger partial charge in [-0.3, -0.25) is 9.59 Å². The van der Waals surface area contributed by atoms with Crippen molar-refractivity contribution in [2.75, 3.05) is 21.2 Å². The second-order valence-electron chi connectivity index (χ2n) is 3.41. The molecule has 0 radical (unpaired) electrons. The summed E-state index contributed by atoms with van der Waals surface area (Å²) < 4.78 is 29.9.